The first kappa shape index (κ1) is 24.6. The van der Waals surface area contributed by atoms with E-state index in [-0.39, 0.29) is 22.7 Å². The van der Waals surface area contributed by atoms with Crippen LogP contribution < -0.4 is 5.32 Å². The van der Waals surface area contributed by atoms with Gasteiger partial charge in [0.05, 0.1) is 0 Å². The van der Waals surface area contributed by atoms with E-state index in [9.17, 15) is 9.59 Å². The van der Waals surface area contributed by atoms with E-state index in [2.05, 4.69) is 24.1 Å². The van der Waals surface area contributed by atoms with E-state index >= 15 is 0 Å². The van der Waals surface area contributed by atoms with Crippen molar-refractivity contribution in [1.82, 2.24) is 20.1 Å². The second-order valence-electron chi connectivity index (χ2n) is 8.45. The molecule has 0 radical (unpaired) electrons. The molecular weight excluding hydrogens is 392 g/mol. The van der Waals surface area contributed by atoms with E-state index in [1.807, 2.05) is 46.0 Å². The summed E-state index contributed by atoms with van der Waals surface area (Å²) in [6.07, 6.45) is 2.46. The lowest BCUT2D eigenvalue weighted by atomic mass is 9.95. The lowest BCUT2D eigenvalue weighted by molar-refractivity contribution is -0.129. The first-order valence-electron chi connectivity index (χ1n) is 9.36. The fourth-order valence-electron chi connectivity index (χ4n) is 2.84. The molecule has 1 aromatic rings. The number of rotatable bonds is 9. The van der Waals surface area contributed by atoms with Gasteiger partial charge in [0.1, 0.15) is 5.03 Å². The van der Waals surface area contributed by atoms with E-state index in [4.69, 9.17) is 0 Å². The summed E-state index contributed by atoms with van der Waals surface area (Å²) >= 11 is 0. The Hall–Kier alpha value is -1.41. The standard InChI is InChI=1S/C20H34N4O2S2/c1-15(24(8)16(2)25)13-19(3,4)22-18(26)23(7)14-20(5,6)28-27-17-11-9-10-12-21-17/h9-12,15H,13-14H2,1-8H3,(H,22,26). The first-order valence-corrected chi connectivity index (χ1v) is 11.5. The molecule has 0 aliphatic rings. The molecule has 1 atom stereocenters. The largest absolute Gasteiger partial charge is 0.343 e. The number of carbonyl (C=O) groups is 2. The number of hydrogen-bond donors (Lipinski definition) is 1. The van der Waals surface area contributed by atoms with Crippen LogP contribution in [-0.2, 0) is 4.79 Å². The fraction of sp³-hybridized carbons (Fsp3) is 0.650. The molecule has 0 saturated heterocycles. The molecule has 0 aliphatic carbocycles. The van der Waals surface area contributed by atoms with Crippen LogP contribution in [-0.4, -0.2) is 63.7 Å². The van der Waals surface area contributed by atoms with Gasteiger partial charge in [-0.05, 0) is 64.0 Å². The number of pyridine rings is 1. The molecule has 28 heavy (non-hydrogen) atoms. The zero-order chi connectivity index (χ0) is 21.5. The zero-order valence-electron chi connectivity index (χ0n) is 18.3. The quantitative estimate of drug-likeness (QED) is 0.597. The third-order valence-electron chi connectivity index (χ3n) is 4.36. The van der Waals surface area contributed by atoms with Crippen LogP contribution >= 0.6 is 21.6 Å². The monoisotopic (exact) mass is 426 g/mol. The lowest BCUT2D eigenvalue weighted by Gasteiger charge is -2.36. The molecule has 1 unspecified atom stereocenters. The number of urea groups is 1. The van der Waals surface area contributed by atoms with Crippen LogP contribution in [0.3, 0.4) is 0 Å². The Morgan fingerprint density at radius 3 is 2.39 bits per heavy atom. The van der Waals surface area contributed by atoms with E-state index in [0.29, 0.717) is 13.0 Å². The second kappa shape index (κ2) is 10.4. The highest BCUT2D eigenvalue weighted by Gasteiger charge is 2.29. The van der Waals surface area contributed by atoms with E-state index in [0.717, 1.165) is 5.03 Å². The predicted octanol–water partition coefficient (Wildman–Crippen LogP) is 4.28. The summed E-state index contributed by atoms with van der Waals surface area (Å²) in [5.74, 6) is 0.0240. The third-order valence-corrected chi connectivity index (χ3v) is 7.56. The minimum atomic E-state index is -0.422. The number of carbonyl (C=O) groups excluding carboxylic acids is 2. The predicted molar refractivity (Wildman–Crippen MR) is 120 cm³/mol. The van der Waals surface area contributed by atoms with Crippen molar-refractivity contribution in [3.63, 3.8) is 0 Å². The molecule has 0 saturated carbocycles. The van der Waals surface area contributed by atoms with Crippen molar-refractivity contribution in [2.24, 2.45) is 0 Å². The van der Waals surface area contributed by atoms with Gasteiger partial charge in [-0.25, -0.2) is 9.78 Å². The Labute approximate surface area is 177 Å². The molecule has 0 aliphatic heterocycles. The zero-order valence-corrected chi connectivity index (χ0v) is 19.9. The van der Waals surface area contributed by atoms with Crippen molar-refractivity contribution in [3.05, 3.63) is 24.4 Å². The number of hydrogen-bond acceptors (Lipinski definition) is 5. The van der Waals surface area contributed by atoms with Crippen LogP contribution in [0.15, 0.2) is 29.4 Å². The van der Waals surface area contributed by atoms with Gasteiger partial charge in [0.25, 0.3) is 0 Å². The molecule has 158 valence electrons. The van der Waals surface area contributed by atoms with Crippen molar-refractivity contribution in [2.45, 2.75) is 69.3 Å². The summed E-state index contributed by atoms with van der Waals surface area (Å²) in [5.41, 5.74) is -0.422. The number of nitrogens with zero attached hydrogens (tertiary/aromatic N) is 3. The van der Waals surface area contributed by atoms with Crippen LogP contribution in [0.1, 0.15) is 48.0 Å². The van der Waals surface area contributed by atoms with Crippen molar-refractivity contribution >= 4 is 33.5 Å². The smallest absolute Gasteiger partial charge is 0.317 e. The molecule has 0 fully saturated rings. The normalized spacial score (nSPS) is 13.0. The van der Waals surface area contributed by atoms with Crippen LogP contribution in [0.25, 0.3) is 0 Å². The average Bonchev–Trinajstić information content (AvgIpc) is 2.58. The van der Waals surface area contributed by atoms with Crippen LogP contribution in [0, 0.1) is 0 Å². The number of aromatic nitrogens is 1. The molecule has 1 rings (SSSR count). The van der Waals surface area contributed by atoms with Gasteiger partial charge in [0.2, 0.25) is 5.91 Å². The topological polar surface area (TPSA) is 65.5 Å². The van der Waals surface area contributed by atoms with Crippen LogP contribution in [0.5, 0.6) is 0 Å². The van der Waals surface area contributed by atoms with E-state index in [1.165, 1.54) is 0 Å². The summed E-state index contributed by atoms with van der Waals surface area (Å²) in [4.78, 5) is 32.0. The molecule has 0 spiro atoms. The summed E-state index contributed by atoms with van der Waals surface area (Å²) in [5, 5.41) is 4.05. The molecule has 1 N–H and O–H groups in total. The highest BCUT2D eigenvalue weighted by atomic mass is 33.1. The molecule has 0 aromatic carbocycles. The molecule has 8 heteroatoms. The van der Waals surface area contributed by atoms with Gasteiger partial charge in [0, 0.05) is 50.1 Å². The Balaban J connectivity index is 2.56. The van der Waals surface area contributed by atoms with Crippen molar-refractivity contribution < 1.29 is 9.59 Å². The lowest BCUT2D eigenvalue weighted by Crippen LogP contribution is -2.53. The Morgan fingerprint density at radius 2 is 1.86 bits per heavy atom. The molecule has 0 bridgehead atoms. The molecule has 6 nitrogen and oxygen atoms in total. The summed E-state index contributed by atoms with van der Waals surface area (Å²) < 4.78 is -0.138. The van der Waals surface area contributed by atoms with Crippen molar-refractivity contribution in [2.75, 3.05) is 20.6 Å². The van der Waals surface area contributed by atoms with Gasteiger partial charge < -0.3 is 15.1 Å². The molecule has 3 amide bonds. The van der Waals surface area contributed by atoms with Crippen LogP contribution in [0.2, 0.25) is 0 Å². The van der Waals surface area contributed by atoms with E-state index < -0.39 is 5.54 Å². The van der Waals surface area contributed by atoms with Crippen molar-refractivity contribution in [1.29, 1.82) is 0 Å². The van der Waals surface area contributed by atoms with Gasteiger partial charge in [-0.15, -0.1) is 0 Å². The number of amides is 3. The minimum absolute atomic E-state index is 0.0240. The van der Waals surface area contributed by atoms with E-state index in [1.54, 1.807) is 51.6 Å². The SMILES string of the molecule is CC(=O)N(C)C(C)CC(C)(C)NC(=O)N(C)CC(C)(C)SSc1ccccn1. The fourth-order valence-corrected chi connectivity index (χ4v) is 5.03. The summed E-state index contributed by atoms with van der Waals surface area (Å²) in [6, 6.07) is 5.77. The summed E-state index contributed by atoms with van der Waals surface area (Å²) in [7, 11) is 6.92. The molecular formula is C20H34N4O2S2. The van der Waals surface area contributed by atoms with Gasteiger partial charge in [-0.2, -0.15) is 0 Å². The highest BCUT2D eigenvalue weighted by Crippen LogP contribution is 2.40. The Morgan fingerprint density at radius 1 is 1.21 bits per heavy atom. The molecule has 1 heterocycles. The number of nitrogens with one attached hydrogen (secondary N) is 1. The Bertz CT molecular complexity index is 653. The van der Waals surface area contributed by atoms with Gasteiger partial charge in [0.15, 0.2) is 0 Å². The van der Waals surface area contributed by atoms with Gasteiger partial charge in [-0.3, -0.25) is 4.79 Å². The van der Waals surface area contributed by atoms with Crippen molar-refractivity contribution in [3.8, 4) is 0 Å². The second-order valence-corrected chi connectivity index (χ2v) is 11.3. The summed E-state index contributed by atoms with van der Waals surface area (Å²) in [6.45, 7) is 12.4. The molecule has 1 aromatic heterocycles. The average molecular weight is 427 g/mol. The minimum Gasteiger partial charge on any atom is -0.343 e. The Kier molecular flexibility index (Phi) is 9.14. The maximum atomic E-state index is 12.7. The van der Waals surface area contributed by atoms with Gasteiger partial charge >= 0.3 is 6.03 Å². The van der Waals surface area contributed by atoms with Crippen LogP contribution in [0.4, 0.5) is 4.79 Å². The maximum absolute atomic E-state index is 12.7. The highest BCUT2D eigenvalue weighted by molar-refractivity contribution is 8.77. The van der Waals surface area contributed by atoms with Gasteiger partial charge in [-0.1, -0.05) is 16.9 Å². The maximum Gasteiger partial charge on any atom is 0.317 e. The first-order chi connectivity index (χ1) is 12.8. The third kappa shape index (κ3) is 8.73.